The first-order valence-electron chi connectivity index (χ1n) is 23.3. The molecule has 0 radical (unpaired) electrons. The maximum absolute atomic E-state index is 14.2. The Morgan fingerprint density at radius 2 is 1.70 bits per heavy atom. The number of nitrogens with one attached hydrogen (secondary N) is 3. The lowest BCUT2D eigenvalue weighted by molar-refractivity contribution is -0.142. The first kappa shape index (κ1) is 51.1. The number of fused-ring (bicyclic) bond motifs is 1. The largest absolute Gasteiger partial charge is 0.616 e. The Bertz CT molecular complexity index is 2400. The number of methoxy groups -OCH3 is 1. The predicted octanol–water partition coefficient (Wildman–Crippen LogP) is 8.00. The van der Waals surface area contributed by atoms with Crippen LogP contribution in [0.5, 0.6) is 11.5 Å². The van der Waals surface area contributed by atoms with Crippen molar-refractivity contribution in [2.45, 2.75) is 118 Å². The van der Waals surface area contributed by atoms with Crippen molar-refractivity contribution >= 4 is 57.7 Å². The first-order chi connectivity index (χ1) is 32.0. The zero-order chi connectivity index (χ0) is 48.4. The van der Waals surface area contributed by atoms with E-state index in [0.29, 0.717) is 56.1 Å². The van der Waals surface area contributed by atoms with Crippen molar-refractivity contribution in [1.82, 2.24) is 25.4 Å². The van der Waals surface area contributed by atoms with Crippen LogP contribution in [-0.2, 0) is 38.5 Å². The van der Waals surface area contributed by atoms with Gasteiger partial charge in [-0.05, 0) is 104 Å². The number of imide groups is 1. The van der Waals surface area contributed by atoms with Crippen LogP contribution in [0, 0.1) is 12.3 Å². The van der Waals surface area contributed by atoms with Gasteiger partial charge >= 0.3 is 0 Å². The van der Waals surface area contributed by atoms with E-state index >= 15 is 0 Å². The molecule has 5 amide bonds. The van der Waals surface area contributed by atoms with Crippen LogP contribution >= 0.6 is 11.3 Å². The van der Waals surface area contributed by atoms with Crippen LogP contribution in [0.25, 0.3) is 10.4 Å². The number of hydrogen-bond donors (Lipinski definition) is 3. The maximum Gasteiger partial charge on any atom is 0.264 e. The molecule has 4 unspecified atom stereocenters. The van der Waals surface area contributed by atoms with E-state index in [4.69, 9.17) is 9.47 Å². The third-order valence-corrected chi connectivity index (χ3v) is 14.1. The number of likely N-dealkylation sites (tertiary alicyclic amines) is 1. The fourth-order valence-electron chi connectivity index (χ4n) is 8.99. The average Bonchev–Trinajstić information content (AvgIpc) is 4.01. The highest BCUT2D eigenvalue weighted by atomic mass is 32.2. The Morgan fingerprint density at radius 3 is 2.36 bits per heavy atom. The minimum Gasteiger partial charge on any atom is -0.616 e. The second-order valence-electron chi connectivity index (χ2n) is 18.5. The second-order valence-corrected chi connectivity index (χ2v) is 20.8. The lowest BCUT2D eigenvalue weighted by Crippen LogP contribution is -2.56. The van der Waals surface area contributed by atoms with Crippen molar-refractivity contribution in [3.8, 4) is 21.9 Å². The Hall–Kier alpha value is -5.29. The molecule has 3 aromatic carbocycles. The van der Waals surface area contributed by atoms with E-state index in [0.717, 1.165) is 70.7 Å². The summed E-state index contributed by atoms with van der Waals surface area (Å²) in [5.74, 6) is -0.671. The fraction of sp³-hybridized carbons (Fsp3) is 0.490. The van der Waals surface area contributed by atoms with Crippen LogP contribution in [-0.4, -0.2) is 99.8 Å². The summed E-state index contributed by atoms with van der Waals surface area (Å²) in [6.07, 6.45) is 8.06. The van der Waals surface area contributed by atoms with Gasteiger partial charge in [0, 0.05) is 20.0 Å². The van der Waals surface area contributed by atoms with E-state index in [2.05, 4.69) is 33.1 Å². The van der Waals surface area contributed by atoms with Crippen molar-refractivity contribution in [2.24, 2.45) is 5.41 Å². The number of benzene rings is 3. The average molecular weight is 955 g/mol. The molecule has 1 fully saturated rings. The van der Waals surface area contributed by atoms with Crippen molar-refractivity contribution in [2.75, 3.05) is 44.1 Å². The molecule has 360 valence electrons. The monoisotopic (exact) mass is 954 g/mol. The van der Waals surface area contributed by atoms with Gasteiger partial charge < -0.3 is 34.9 Å². The summed E-state index contributed by atoms with van der Waals surface area (Å²) in [4.78, 5) is 76.7. The highest BCUT2D eigenvalue weighted by Crippen LogP contribution is 2.40. The quantitative estimate of drug-likeness (QED) is 0.0397. The number of ether oxygens (including phenoxy) is 2. The number of nitrogens with zero attached hydrogens (tertiary/aromatic N) is 3. The summed E-state index contributed by atoms with van der Waals surface area (Å²) in [7, 11) is 1.52. The van der Waals surface area contributed by atoms with Gasteiger partial charge in [-0.3, -0.25) is 28.9 Å². The number of rotatable bonds is 22. The lowest BCUT2D eigenvalue weighted by Gasteiger charge is -2.35. The number of hydrogen-bond acceptors (Lipinski definition) is 11. The standard InChI is InChI=1S/C51H66N6O8S2/c1-9-65-43-28-37(22-23-42(43)64-7)41(30-67(8)63)57-48(60)38-26-35(27-39(55-33(3)58)44(38)49(57)61)16-13-11-10-12-14-24-52-46(51(4,5)6)50(62)56-25-15-17-40(56)47(59)53-29-34-18-20-36(21-19-34)45-32(2)54-31-66-45/h18-23,26-28,31,40-41,46,52H,9-17,24-25,29-30H2,1-8H3,(H,53,59)(H,55,58). The van der Waals surface area contributed by atoms with Crippen LogP contribution in [0.3, 0.4) is 0 Å². The van der Waals surface area contributed by atoms with Crippen LogP contribution in [0.2, 0.25) is 0 Å². The third kappa shape index (κ3) is 12.6. The van der Waals surface area contributed by atoms with Gasteiger partial charge in [-0.25, -0.2) is 4.98 Å². The van der Waals surface area contributed by atoms with Gasteiger partial charge in [0.2, 0.25) is 17.7 Å². The van der Waals surface area contributed by atoms with Crippen molar-refractivity contribution in [1.29, 1.82) is 0 Å². The summed E-state index contributed by atoms with van der Waals surface area (Å²) in [5.41, 5.74) is 6.56. The molecule has 0 aliphatic carbocycles. The molecule has 3 N–H and O–H groups in total. The van der Waals surface area contributed by atoms with Crippen LogP contribution in [0.15, 0.2) is 60.1 Å². The molecule has 2 aliphatic rings. The normalized spacial score (nSPS) is 16.2. The topological polar surface area (TPSA) is 182 Å². The fourth-order valence-corrected chi connectivity index (χ4v) is 10.6. The van der Waals surface area contributed by atoms with Gasteiger partial charge in [-0.1, -0.05) is 81.5 Å². The number of thiazole rings is 1. The summed E-state index contributed by atoms with van der Waals surface area (Å²) in [6, 6.07) is 15.0. The van der Waals surface area contributed by atoms with Crippen molar-refractivity contribution in [3.63, 3.8) is 0 Å². The van der Waals surface area contributed by atoms with Gasteiger partial charge in [0.25, 0.3) is 11.8 Å². The zero-order valence-corrected chi connectivity index (χ0v) is 41.8. The van der Waals surface area contributed by atoms with Crippen LogP contribution in [0.1, 0.15) is 129 Å². The number of carbonyl (C=O) groups excluding carboxylic acids is 5. The molecule has 67 heavy (non-hydrogen) atoms. The summed E-state index contributed by atoms with van der Waals surface area (Å²) >= 11 is 0.229. The zero-order valence-electron chi connectivity index (χ0n) is 40.1. The van der Waals surface area contributed by atoms with Gasteiger partial charge in [-0.2, -0.15) is 0 Å². The molecule has 0 saturated carbocycles. The Labute approximate surface area is 402 Å². The molecular weight excluding hydrogens is 889 g/mol. The van der Waals surface area contributed by atoms with E-state index in [-0.39, 0.29) is 45.7 Å². The third-order valence-electron chi connectivity index (χ3n) is 12.3. The van der Waals surface area contributed by atoms with Gasteiger partial charge in [0.05, 0.1) is 58.9 Å². The molecule has 16 heteroatoms. The molecule has 1 aromatic heterocycles. The minimum absolute atomic E-state index is 0.0121. The molecule has 6 rings (SSSR count). The molecule has 0 bridgehead atoms. The van der Waals surface area contributed by atoms with Gasteiger partial charge in [0.1, 0.15) is 17.8 Å². The molecule has 3 heterocycles. The first-order valence-corrected chi connectivity index (χ1v) is 25.9. The molecule has 4 aromatic rings. The highest BCUT2D eigenvalue weighted by Gasteiger charge is 2.44. The minimum atomic E-state index is -1.38. The number of amides is 5. The van der Waals surface area contributed by atoms with E-state index in [1.54, 1.807) is 46.6 Å². The predicted molar refractivity (Wildman–Crippen MR) is 264 cm³/mol. The number of carbonyl (C=O) groups is 5. The Kier molecular flexibility index (Phi) is 17.7. The van der Waals surface area contributed by atoms with Crippen molar-refractivity contribution in [3.05, 3.63) is 93.6 Å². The van der Waals surface area contributed by atoms with Crippen molar-refractivity contribution < 1.29 is 38.0 Å². The van der Waals surface area contributed by atoms with E-state index in [1.165, 1.54) is 20.3 Å². The van der Waals surface area contributed by atoms with Gasteiger partial charge in [-0.15, -0.1) is 11.3 Å². The number of anilines is 1. The number of aromatic nitrogens is 1. The molecule has 1 saturated heterocycles. The van der Waals surface area contributed by atoms with E-state index < -0.39 is 41.1 Å². The molecular formula is C51H66N6O8S2. The smallest absolute Gasteiger partial charge is 0.264 e. The van der Waals surface area contributed by atoms with E-state index in [9.17, 15) is 28.5 Å². The summed E-state index contributed by atoms with van der Waals surface area (Å²) in [5, 5.41) is 9.40. The van der Waals surface area contributed by atoms with Crippen LogP contribution in [0.4, 0.5) is 5.69 Å². The Balaban J connectivity index is 1.00. The molecule has 14 nitrogen and oxygen atoms in total. The lowest BCUT2D eigenvalue weighted by atomic mass is 9.85. The Morgan fingerprint density at radius 1 is 0.970 bits per heavy atom. The molecule has 2 aliphatic heterocycles. The summed E-state index contributed by atoms with van der Waals surface area (Å²) < 4.78 is 23.9. The molecule has 4 atom stereocenters. The molecule has 0 spiro atoms. The second kappa shape index (κ2) is 23.1. The number of unbranched alkanes of at least 4 members (excludes halogenated alkanes) is 4. The summed E-state index contributed by atoms with van der Waals surface area (Å²) in [6.45, 7) is 13.3. The maximum atomic E-state index is 14.2. The highest BCUT2D eigenvalue weighted by molar-refractivity contribution is 7.90. The van der Waals surface area contributed by atoms with Gasteiger partial charge in [0.15, 0.2) is 11.5 Å². The van der Waals surface area contributed by atoms with E-state index in [1.807, 2.05) is 52.3 Å². The van der Waals surface area contributed by atoms with Crippen LogP contribution < -0.4 is 25.4 Å². The SMILES string of the molecule is CCOc1cc(C(C[S+](C)[O-])N2C(=O)c3cc(CCCCCCCNC(C(=O)N4CCCC4C(=O)NCc4ccc(-c5scnc5C)cc4)C(C)(C)C)cc(NC(C)=O)c3C2=O)ccc1OC. The number of aryl methyl sites for hydroxylation is 2.